The Morgan fingerprint density at radius 2 is 1.33 bits per heavy atom. The van der Waals surface area contributed by atoms with Crippen molar-refractivity contribution in [1.29, 1.82) is 0 Å². The molecule has 2 unspecified atom stereocenters. The van der Waals surface area contributed by atoms with Gasteiger partial charge in [0, 0.05) is 28.2 Å². The molecule has 0 amide bonds. The van der Waals surface area contributed by atoms with Crippen LogP contribution in [-0.4, -0.2) is 6.17 Å². The fourth-order valence-electron chi connectivity index (χ4n) is 6.01. The zero-order valence-electron chi connectivity index (χ0n) is 23.8. The second-order valence-electron chi connectivity index (χ2n) is 11.3. The summed E-state index contributed by atoms with van der Waals surface area (Å²) in [4.78, 5) is 0. The molecule has 3 heteroatoms. The van der Waals surface area contributed by atoms with Gasteiger partial charge in [0.15, 0.2) is 0 Å². The molecule has 3 N–H and O–H groups in total. The maximum atomic E-state index is 3.78. The summed E-state index contributed by atoms with van der Waals surface area (Å²) < 4.78 is 0. The van der Waals surface area contributed by atoms with Gasteiger partial charge in [-0.1, -0.05) is 122 Å². The molecule has 42 heavy (non-hydrogen) atoms. The van der Waals surface area contributed by atoms with Crippen molar-refractivity contribution in [1.82, 2.24) is 5.32 Å². The molecular formula is C39H35N3. The maximum Gasteiger partial charge on any atom is 0.0975 e. The SMILES string of the molecule is CC1C=C(c2ccc(N[C@H]3NC3c3ccccc3)c(-c3ccccc3)c2)C=C(c2ccccc2Nc2ccccc2)C1. The van der Waals surface area contributed by atoms with Gasteiger partial charge < -0.3 is 10.6 Å². The molecule has 7 rings (SSSR count). The predicted molar refractivity (Wildman–Crippen MR) is 178 cm³/mol. The van der Waals surface area contributed by atoms with Crippen LogP contribution in [0.15, 0.2) is 146 Å². The smallest absolute Gasteiger partial charge is 0.0975 e. The summed E-state index contributed by atoms with van der Waals surface area (Å²) in [5, 5.41) is 11.0. The summed E-state index contributed by atoms with van der Waals surface area (Å²) >= 11 is 0. The van der Waals surface area contributed by atoms with Gasteiger partial charge in [-0.3, -0.25) is 5.32 Å². The van der Waals surface area contributed by atoms with E-state index in [1.165, 1.54) is 39.0 Å². The number of nitrogens with one attached hydrogen (secondary N) is 3. The van der Waals surface area contributed by atoms with Gasteiger partial charge in [0.2, 0.25) is 0 Å². The van der Waals surface area contributed by atoms with Crippen molar-refractivity contribution in [3.63, 3.8) is 0 Å². The Labute approximate surface area is 248 Å². The second kappa shape index (κ2) is 11.6. The van der Waals surface area contributed by atoms with Gasteiger partial charge in [-0.25, -0.2) is 0 Å². The maximum absolute atomic E-state index is 3.78. The number of allylic oxidation sites excluding steroid dienone is 4. The van der Waals surface area contributed by atoms with Crippen LogP contribution in [0.2, 0.25) is 0 Å². The van der Waals surface area contributed by atoms with Gasteiger partial charge in [0.1, 0.15) is 0 Å². The average molecular weight is 546 g/mol. The van der Waals surface area contributed by atoms with Gasteiger partial charge >= 0.3 is 0 Å². The number of hydrogen-bond acceptors (Lipinski definition) is 3. The number of para-hydroxylation sites is 2. The average Bonchev–Trinajstić information content (AvgIpc) is 3.82. The predicted octanol–water partition coefficient (Wildman–Crippen LogP) is 9.69. The topological polar surface area (TPSA) is 46.0 Å². The van der Waals surface area contributed by atoms with Crippen LogP contribution in [0.25, 0.3) is 22.3 Å². The molecule has 5 aromatic carbocycles. The molecule has 0 bridgehead atoms. The third kappa shape index (κ3) is 5.65. The number of rotatable bonds is 8. The Morgan fingerprint density at radius 1 is 0.643 bits per heavy atom. The first-order chi connectivity index (χ1) is 20.7. The summed E-state index contributed by atoms with van der Waals surface area (Å²) in [6.45, 7) is 2.32. The first-order valence-corrected chi connectivity index (χ1v) is 14.8. The first-order valence-electron chi connectivity index (χ1n) is 14.8. The minimum atomic E-state index is 0.217. The lowest BCUT2D eigenvalue weighted by Crippen LogP contribution is -2.08. The molecule has 0 spiro atoms. The summed E-state index contributed by atoms with van der Waals surface area (Å²) in [6.07, 6.45) is 6.03. The molecule has 1 saturated heterocycles. The third-order valence-electron chi connectivity index (χ3n) is 8.15. The van der Waals surface area contributed by atoms with Crippen molar-refractivity contribution in [2.75, 3.05) is 10.6 Å². The van der Waals surface area contributed by atoms with Gasteiger partial charge in [-0.15, -0.1) is 0 Å². The zero-order valence-corrected chi connectivity index (χ0v) is 23.8. The lowest BCUT2D eigenvalue weighted by molar-refractivity contribution is 0.752. The lowest BCUT2D eigenvalue weighted by atomic mass is 9.84. The van der Waals surface area contributed by atoms with Crippen molar-refractivity contribution in [3.8, 4) is 11.1 Å². The van der Waals surface area contributed by atoms with Crippen LogP contribution in [0, 0.1) is 5.92 Å². The van der Waals surface area contributed by atoms with E-state index in [4.69, 9.17) is 0 Å². The molecular weight excluding hydrogens is 510 g/mol. The number of anilines is 3. The lowest BCUT2D eigenvalue weighted by Gasteiger charge is -2.23. The van der Waals surface area contributed by atoms with Crippen molar-refractivity contribution in [2.24, 2.45) is 5.92 Å². The highest BCUT2D eigenvalue weighted by molar-refractivity contribution is 5.92. The molecule has 0 saturated carbocycles. The number of benzene rings is 5. The zero-order chi connectivity index (χ0) is 28.3. The summed E-state index contributed by atoms with van der Waals surface area (Å²) in [5.41, 5.74) is 12.2. The third-order valence-corrected chi connectivity index (χ3v) is 8.15. The van der Waals surface area contributed by atoms with E-state index in [-0.39, 0.29) is 6.17 Å². The van der Waals surface area contributed by atoms with E-state index >= 15 is 0 Å². The van der Waals surface area contributed by atoms with Crippen molar-refractivity contribution < 1.29 is 0 Å². The summed E-state index contributed by atoms with van der Waals surface area (Å²) in [6, 6.07) is 47.6. The van der Waals surface area contributed by atoms with Gasteiger partial charge in [0.05, 0.1) is 12.2 Å². The van der Waals surface area contributed by atoms with E-state index in [1.807, 2.05) is 6.07 Å². The monoisotopic (exact) mass is 545 g/mol. The Hall–Kier alpha value is -4.86. The molecule has 0 radical (unpaired) electrons. The Balaban J connectivity index is 1.21. The molecule has 5 aromatic rings. The van der Waals surface area contributed by atoms with Gasteiger partial charge in [-0.05, 0) is 70.5 Å². The minimum Gasteiger partial charge on any atom is -0.368 e. The fraction of sp³-hybridized carbons (Fsp3) is 0.128. The van der Waals surface area contributed by atoms with E-state index in [9.17, 15) is 0 Å². The Morgan fingerprint density at radius 3 is 2.12 bits per heavy atom. The van der Waals surface area contributed by atoms with Crippen molar-refractivity contribution in [2.45, 2.75) is 25.6 Å². The Kier molecular flexibility index (Phi) is 7.17. The van der Waals surface area contributed by atoms with Crippen LogP contribution >= 0.6 is 0 Å². The largest absolute Gasteiger partial charge is 0.368 e. The molecule has 0 aromatic heterocycles. The van der Waals surface area contributed by atoms with E-state index < -0.39 is 0 Å². The van der Waals surface area contributed by atoms with Crippen molar-refractivity contribution >= 4 is 28.2 Å². The summed E-state index contributed by atoms with van der Waals surface area (Å²) in [5.74, 6) is 0.435. The van der Waals surface area contributed by atoms with Gasteiger partial charge in [-0.2, -0.15) is 0 Å². The van der Waals surface area contributed by atoms with Crippen LogP contribution in [0.5, 0.6) is 0 Å². The van der Waals surface area contributed by atoms with Crippen LogP contribution in [-0.2, 0) is 0 Å². The van der Waals surface area contributed by atoms with Crippen LogP contribution in [0.3, 0.4) is 0 Å². The van der Waals surface area contributed by atoms with Crippen LogP contribution in [0.4, 0.5) is 17.1 Å². The number of hydrogen-bond donors (Lipinski definition) is 3. The quantitative estimate of drug-likeness (QED) is 0.170. The van der Waals surface area contributed by atoms with Crippen molar-refractivity contribution in [3.05, 3.63) is 162 Å². The highest BCUT2D eigenvalue weighted by atomic mass is 15.3. The molecule has 1 fully saturated rings. The molecule has 3 atom stereocenters. The van der Waals surface area contributed by atoms with E-state index in [1.54, 1.807) is 0 Å². The molecule has 1 aliphatic heterocycles. The highest BCUT2D eigenvalue weighted by Crippen LogP contribution is 2.40. The molecule has 3 nitrogen and oxygen atoms in total. The Bertz CT molecular complexity index is 1740. The van der Waals surface area contributed by atoms with Gasteiger partial charge in [0.25, 0.3) is 0 Å². The minimum absolute atomic E-state index is 0.217. The fourth-order valence-corrected chi connectivity index (χ4v) is 6.01. The molecule has 1 aliphatic carbocycles. The van der Waals surface area contributed by atoms with E-state index in [0.29, 0.717) is 12.0 Å². The first kappa shape index (κ1) is 26.1. The van der Waals surface area contributed by atoms with Crippen LogP contribution < -0.4 is 16.0 Å². The normalized spacial score (nSPS) is 19.4. The van der Waals surface area contributed by atoms with E-state index in [2.05, 4.69) is 162 Å². The standard InChI is InChI=1S/C39H35N3/c1-27-23-31(25-32(24-27)34-19-11-12-20-36(34)40-33-17-9-4-10-18-33)30-21-22-37(35(26-30)28-13-5-2-6-14-28)41-39-38(42-39)29-15-7-3-8-16-29/h2-23,25-27,38-42H,24H2,1H3/t27?,38?,39-/m0/s1. The van der Waals surface area contributed by atoms with E-state index in [0.717, 1.165) is 23.5 Å². The molecule has 2 aliphatic rings. The highest BCUT2D eigenvalue weighted by Gasteiger charge is 2.37. The molecule has 206 valence electrons. The second-order valence-corrected chi connectivity index (χ2v) is 11.3. The summed E-state index contributed by atoms with van der Waals surface area (Å²) in [7, 11) is 0. The molecule has 1 heterocycles. The van der Waals surface area contributed by atoms with Crippen LogP contribution in [0.1, 0.15) is 36.1 Å².